The normalized spacial score (nSPS) is 13.8. The summed E-state index contributed by atoms with van der Waals surface area (Å²) >= 11 is 0. The van der Waals surface area contributed by atoms with Crippen LogP contribution in [0.5, 0.6) is 5.75 Å². The maximum atomic E-state index is 12.1. The van der Waals surface area contributed by atoms with Gasteiger partial charge in [-0.3, -0.25) is 0 Å². The number of sulfonamides is 1. The largest absolute Gasteiger partial charge is 0.492 e. The lowest BCUT2D eigenvalue weighted by Crippen LogP contribution is -2.28. The fraction of sp³-hybridized carbons (Fsp3) is 0.333. The summed E-state index contributed by atoms with van der Waals surface area (Å²) in [5.74, 6) is 0.806. The minimum Gasteiger partial charge on any atom is -0.492 e. The predicted molar refractivity (Wildman–Crippen MR) is 90.3 cm³/mol. The van der Waals surface area contributed by atoms with Crippen LogP contribution < -0.4 is 9.46 Å². The minimum atomic E-state index is -3.47. The van der Waals surface area contributed by atoms with E-state index in [1.54, 1.807) is 24.3 Å². The van der Waals surface area contributed by atoms with E-state index in [4.69, 9.17) is 4.74 Å². The van der Waals surface area contributed by atoms with Crippen molar-refractivity contribution < 1.29 is 13.2 Å². The van der Waals surface area contributed by atoms with E-state index in [1.807, 2.05) is 13.0 Å². The molecule has 122 valence electrons. The van der Waals surface area contributed by atoms with Gasteiger partial charge in [-0.25, -0.2) is 13.1 Å². The van der Waals surface area contributed by atoms with Crippen molar-refractivity contribution >= 4 is 10.0 Å². The molecule has 0 saturated carbocycles. The smallest absolute Gasteiger partial charge is 0.240 e. The molecule has 1 N–H and O–H groups in total. The number of hydrogen-bond acceptors (Lipinski definition) is 3. The summed E-state index contributed by atoms with van der Waals surface area (Å²) in [6.07, 6.45) is 3.45. The highest BCUT2D eigenvalue weighted by Gasteiger charge is 2.13. The van der Waals surface area contributed by atoms with Crippen molar-refractivity contribution in [3.05, 3.63) is 59.2 Å². The van der Waals surface area contributed by atoms with Crippen molar-refractivity contribution in [1.29, 1.82) is 0 Å². The molecule has 0 aromatic heterocycles. The first kappa shape index (κ1) is 16.0. The third kappa shape index (κ3) is 3.92. The molecule has 0 fully saturated rings. The minimum absolute atomic E-state index is 0.243. The zero-order valence-electron chi connectivity index (χ0n) is 13.2. The van der Waals surface area contributed by atoms with Crippen molar-refractivity contribution in [2.45, 2.75) is 31.1 Å². The molecule has 0 heterocycles. The van der Waals surface area contributed by atoms with Gasteiger partial charge in [-0.2, -0.15) is 0 Å². The first-order chi connectivity index (χ1) is 11.0. The van der Waals surface area contributed by atoms with E-state index in [-0.39, 0.29) is 11.4 Å². The molecule has 1 aliphatic rings. The molecule has 5 heteroatoms. The van der Waals surface area contributed by atoms with Gasteiger partial charge in [-0.05, 0) is 61.6 Å². The third-order valence-electron chi connectivity index (χ3n) is 4.06. The molecule has 3 rings (SSSR count). The van der Waals surface area contributed by atoms with Crippen LogP contribution in [0.3, 0.4) is 0 Å². The van der Waals surface area contributed by atoms with Crippen LogP contribution in [0, 0.1) is 6.92 Å². The molecule has 4 nitrogen and oxygen atoms in total. The fourth-order valence-corrected chi connectivity index (χ4v) is 3.80. The molecule has 0 saturated heterocycles. The molecule has 2 aromatic rings. The molecule has 0 aliphatic heterocycles. The second-order valence-electron chi connectivity index (χ2n) is 5.84. The summed E-state index contributed by atoms with van der Waals surface area (Å²) in [5, 5.41) is 0. The second-order valence-corrected chi connectivity index (χ2v) is 7.61. The Labute approximate surface area is 137 Å². The predicted octanol–water partition coefficient (Wildman–Crippen LogP) is 2.84. The van der Waals surface area contributed by atoms with Crippen molar-refractivity contribution in [1.82, 2.24) is 4.72 Å². The Kier molecular flexibility index (Phi) is 4.68. The first-order valence-electron chi connectivity index (χ1n) is 7.85. The second kappa shape index (κ2) is 6.72. The summed E-state index contributed by atoms with van der Waals surface area (Å²) in [4.78, 5) is 0.278. The highest BCUT2D eigenvalue weighted by molar-refractivity contribution is 7.89. The topological polar surface area (TPSA) is 55.4 Å². The van der Waals surface area contributed by atoms with Crippen molar-refractivity contribution in [2.24, 2.45) is 0 Å². The van der Waals surface area contributed by atoms with E-state index in [9.17, 15) is 8.42 Å². The quantitative estimate of drug-likeness (QED) is 0.828. The molecule has 1 aliphatic carbocycles. The molecular formula is C18H21NO3S. The Morgan fingerprint density at radius 3 is 2.57 bits per heavy atom. The molecule has 0 atom stereocenters. The van der Waals surface area contributed by atoms with E-state index in [2.05, 4.69) is 16.9 Å². The lowest BCUT2D eigenvalue weighted by molar-refractivity contribution is 0.322. The maximum absolute atomic E-state index is 12.1. The summed E-state index contributed by atoms with van der Waals surface area (Å²) < 4.78 is 32.5. The van der Waals surface area contributed by atoms with E-state index in [1.165, 1.54) is 17.5 Å². The standard InChI is InChI=1S/C18H21NO3S/c1-14-5-9-18(10-6-14)23(20,21)19-11-12-22-17-8-7-15-3-2-4-16(15)13-17/h5-10,13,19H,2-4,11-12H2,1H3. The highest BCUT2D eigenvalue weighted by atomic mass is 32.2. The van der Waals surface area contributed by atoms with Gasteiger partial charge in [-0.1, -0.05) is 23.8 Å². The number of nitrogens with one attached hydrogen (secondary N) is 1. The van der Waals surface area contributed by atoms with Crippen LogP contribution in [0.4, 0.5) is 0 Å². The number of aryl methyl sites for hydroxylation is 3. The molecule has 0 spiro atoms. The Bertz CT molecular complexity index is 782. The summed E-state index contributed by atoms with van der Waals surface area (Å²) in [6, 6.07) is 12.9. The Balaban J connectivity index is 1.52. The number of ether oxygens (including phenoxy) is 1. The third-order valence-corrected chi connectivity index (χ3v) is 5.54. The Hall–Kier alpha value is -1.85. The van der Waals surface area contributed by atoms with Gasteiger partial charge in [0.15, 0.2) is 0 Å². The Morgan fingerprint density at radius 2 is 1.78 bits per heavy atom. The van der Waals surface area contributed by atoms with Gasteiger partial charge in [0, 0.05) is 6.54 Å². The highest BCUT2D eigenvalue weighted by Crippen LogP contribution is 2.25. The average Bonchev–Trinajstić information content (AvgIpc) is 3.00. The van der Waals surface area contributed by atoms with E-state index >= 15 is 0 Å². The summed E-state index contributed by atoms with van der Waals surface area (Å²) in [7, 11) is -3.47. The van der Waals surface area contributed by atoms with Crippen LogP contribution in [0.1, 0.15) is 23.1 Å². The van der Waals surface area contributed by atoms with Gasteiger partial charge in [0.2, 0.25) is 10.0 Å². The lowest BCUT2D eigenvalue weighted by atomic mass is 10.1. The lowest BCUT2D eigenvalue weighted by Gasteiger charge is -2.10. The Morgan fingerprint density at radius 1 is 1.04 bits per heavy atom. The van der Waals surface area contributed by atoms with Gasteiger partial charge >= 0.3 is 0 Å². The summed E-state index contributed by atoms with van der Waals surface area (Å²) in [5.41, 5.74) is 3.78. The molecular weight excluding hydrogens is 310 g/mol. The van der Waals surface area contributed by atoms with Gasteiger partial charge in [0.25, 0.3) is 0 Å². The van der Waals surface area contributed by atoms with E-state index in [0.717, 1.165) is 24.2 Å². The van der Waals surface area contributed by atoms with Crippen LogP contribution in [0.25, 0.3) is 0 Å². The van der Waals surface area contributed by atoms with Crippen LogP contribution in [0.2, 0.25) is 0 Å². The SMILES string of the molecule is Cc1ccc(S(=O)(=O)NCCOc2ccc3c(c2)CCC3)cc1. The van der Waals surface area contributed by atoms with Crippen molar-refractivity contribution in [2.75, 3.05) is 13.2 Å². The van der Waals surface area contributed by atoms with E-state index in [0.29, 0.717) is 6.61 Å². The molecule has 0 radical (unpaired) electrons. The molecule has 0 bridgehead atoms. The average molecular weight is 331 g/mol. The van der Waals surface area contributed by atoms with Gasteiger partial charge in [0.1, 0.15) is 12.4 Å². The molecule has 2 aromatic carbocycles. The van der Waals surface area contributed by atoms with Gasteiger partial charge in [-0.15, -0.1) is 0 Å². The summed E-state index contributed by atoms with van der Waals surface area (Å²) in [6.45, 7) is 2.48. The number of fused-ring (bicyclic) bond motifs is 1. The number of rotatable bonds is 6. The van der Waals surface area contributed by atoms with Crippen LogP contribution in [-0.2, 0) is 22.9 Å². The monoisotopic (exact) mass is 331 g/mol. The molecule has 0 unspecified atom stereocenters. The number of hydrogen-bond donors (Lipinski definition) is 1. The number of benzene rings is 2. The first-order valence-corrected chi connectivity index (χ1v) is 9.34. The fourth-order valence-electron chi connectivity index (χ4n) is 2.78. The van der Waals surface area contributed by atoms with Crippen LogP contribution >= 0.6 is 0 Å². The van der Waals surface area contributed by atoms with Crippen LogP contribution in [-0.4, -0.2) is 21.6 Å². The van der Waals surface area contributed by atoms with Gasteiger partial charge < -0.3 is 4.74 Å². The van der Waals surface area contributed by atoms with E-state index < -0.39 is 10.0 Å². The zero-order chi connectivity index (χ0) is 16.3. The van der Waals surface area contributed by atoms with Crippen LogP contribution in [0.15, 0.2) is 47.4 Å². The van der Waals surface area contributed by atoms with Crippen molar-refractivity contribution in [3.8, 4) is 5.75 Å². The zero-order valence-corrected chi connectivity index (χ0v) is 14.0. The molecule has 0 amide bonds. The molecule has 23 heavy (non-hydrogen) atoms. The van der Waals surface area contributed by atoms with Crippen molar-refractivity contribution in [3.63, 3.8) is 0 Å². The maximum Gasteiger partial charge on any atom is 0.240 e. The van der Waals surface area contributed by atoms with Gasteiger partial charge in [0.05, 0.1) is 4.90 Å².